The molecule has 0 aromatic rings. The number of rotatable bonds is 1. The van der Waals surface area contributed by atoms with Gasteiger partial charge in [-0.25, -0.2) is 11.4 Å². The Bertz CT molecular complexity index is 185. The number of aliphatic carboxylic acids is 1. The number of hydrogen-bond acceptors (Lipinski definition) is 1. The van der Waals surface area contributed by atoms with E-state index in [0.717, 1.165) is 0 Å². The molecule has 4 nitrogen and oxygen atoms in total. The fourth-order valence-electron chi connectivity index (χ4n) is 1.11. The van der Waals surface area contributed by atoms with Crippen LogP contribution in [0.4, 0.5) is 0 Å². The van der Waals surface area contributed by atoms with Crippen molar-refractivity contribution in [3.8, 4) is 0 Å². The van der Waals surface area contributed by atoms with Crippen molar-refractivity contribution in [1.29, 1.82) is 0 Å². The second kappa shape index (κ2) is 2.67. The fourth-order valence-corrected chi connectivity index (χ4v) is 1.11. The van der Waals surface area contributed by atoms with Gasteiger partial charge in [0.05, 0.1) is 6.42 Å². The number of nitrogens with zero attached hydrogens (tertiary/aromatic N) is 1. The maximum atomic E-state index is 10.3. The Morgan fingerprint density at radius 3 is 2.80 bits per heavy atom. The minimum atomic E-state index is -0.800. The molecule has 1 aliphatic rings. The molecule has 0 amide bonds. The molecular formula is C6H9N2O2+. The molecule has 0 aromatic carbocycles. The predicted molar refractivity (Wildman–Crippen MR) is 33.2 cm³/mol. The van der Waals surface area contributed by atoms with Crippen LogP contribution in [-0.4, -0.2) is 29.7 Å². The predicted octanol–water partition coefficient (Wildman–Crippen LogP) is -1.31. The van der Waals surface area contributed by atoms with Gasteiger partial charge in [-0.3, -0.25) is 0 Å². The van der Waals surface area contributed by atoms with Gasteiger partial charge in [-0.15, -0.1) is 0 Å². The molecule has 54 valence electrons. The van der Waals surface area contributed by atoms with Crippen LogP contribution in [0.2, 0.25) is 0 Å². The van der Waals surface area contributed by atoms with Gasteiger partial charge in [0.1, 0.15) is 0 Å². The molecule has 0 spiro atoms. The maximum absolute atomic E-state index is 10.3. The van der Waals surface area contributed by atoms with Crippen LogP contribution in [0.5, 0.6) is 0 Å². The van der Waals surface area contributed by atoms with E-state index in [4.69, 9.17) is 11.7 Å². The van der Waals surface area contributed by atoms with E-state index in [1.807, 2.05) is 0 Å². The van der Waals surface area contributed by atoms with Crippen molar-refractivity contribution >= 4 is 5.97 Å². The van der Waals surface area contributed by atoms with Crippen LogP contribution in [0.3, 0.4) is 0 Å². The summed E-state index contributed by atoms with van der Waals surface area (Å²) >= 11 is 0. The number of hydrogen-bond donors (Lipinski definition) is 2. The van der Waals surface area contributed by atoms with Gasteiger partial charge in [0.15, 0.2) is 12.6 Å². The molecule has 2 atom stereocenters. The van der Waals surface area contributed by atoms with Crippen molar-refractivity contribution in [3.63, 3.8) is 0 Å². The zero-order valence-electron chi connectivity index (χ0n) is 5.45. The molecule has 0 radical (unpaired) electrons. The van der Waals surface area contributed by atoms with Gasteiger partial charge < -0.3 is 15.3 Å². The average Bonchev–Trinajstić information content (AvgIpc) is 2.34. The summed E-state index contributed by atoms with van der Waals surface area (Å²) in [5.41, 5.74) is 0. The first-order chi connectivity index (χ1) is 4.74. The third-order valence-corrected chi connectivity index (χ3v) is 1.72. The van der Waals surface area contributed by atoms with Crippen LogP contribution in [-0.2, 0) is 4.79 Å². The summed E-state index contributed by atoms with van der Waals surface area (Å²) < 4.78 is 0. The third kappa shape index (κ3) is 1.25. The van der Waals surface area contributed by atoms with E-state index in [-0.39, 0.29) is 12.1 Å². The van der Waals surface area contributed by atoms with Gasteiger partial charge in [0, 0.05) is 0 Å². The Morgan fingerprint density at radius 1 is 1.80 bits per heavy atom. The number of carboxylic acids is 1. The van der Waals surface area contributed by atoms with Crippen LogP contribution in [0, 0.1) is 6.57 Å². The minimum absolute atomic E-state index is 0.0823. The highest BCUT2D eigenvalue weighted by Gasteiger charge is 2.36. The lowest BCUT2D eigenvalue weighted by Crippen LogP contribution is -2.88. The summed E-state index contributed by atoms with van der Waals surface area (Å²) in [6, 6.07) is -0.458. The van der Waals surface area contributed by atoms with E-state index in [2.05, 4.69) is 4.85 Å². The van der Waals surface area contributed by atoms with Gasteiger partial charge in [0.2, 0.25) is 0 Å². The van der Waals surface area contributed by atoms with E-state index in [1.54, 1.807) is 5.32 Å². The van der Waals surface area contributed by atoms with Crippen molar-refractivity contribution in [2.24, 2.45) is 0 Å². The molecule has 1 fully saturated rings. The Morgan fingerprint density at radius 2 is 2.50 bits per heavy atom. The lowest BCUT2D eigenvalue weighted by atomic mass is 10.2. The smallest absolute Gasteiger partial charge is 0.362 e. The largest absolute Gasteiger partial charge is 0.477 e. The van der Waals surface area contributed by atoms with E-state index in [9.17, 15) is 4.79 Å². The number of carboxylic acid groups (broad SMARTS) is 1. The van der Waals surface area contributed by atoms with Gasteiger partial charge in [-0.1, -0.05) is 0 Å². The molecule has 0 aromatic heterocycles. The van der Waals surface area contributed by atoms with Gasteiger partial charge in [0.25, 0.3) is 6.04 Å². The van der Waals surface area contributed by atoms with Gasteiger partial charge in [-0.2, -0.15) is 0 Å². The normalized spacial score (nSPS) is 31.5. The summed E-state index contributed by atoms with van der Waals surface area (Å²) in [5.74, 6) is -0.800. The summed E-state index contributed by atoms with van der Waals surface area (Å²) in [5, 5.41) is 10.2. The lowest BCUT2D eigenvalue weighted by molar-refractivity contribution is -0.658. The highest BCUT2D eigenvalue weighted by atomic mass is 16.4. The molecular weight excluding hydrogens is 132 g/mol. The number of nitrogens with two attached hydrogens (primary N) is 1. The second-order valence-corrected chi connectivity index (χ2v) is 2.43. The number of quaternary nitrogens is 1. The molecule has 1 aliphatic heterocycles. The van der Waals surface area contributed by atoms with Crippen LogP contribution < -0.4 is 5.32 Å². The van der Waals surface area contributed by atoms with Crippen molar-refractivity contribution in [2.45, 2.75) is 18.5 Å². The molecule has 0 unspecified atom stereocenters. The third-order valence-electron chi connectivity index (χ3n) is 1.72. The molecule has 10 heavy (non-hydrogen) atoms. The SMILES string of the molecule is [C-]#[N+][C@H]1C[NH2+][C@H](C(=O)O)C1. The van der Waals surface area contributed by atoms with Crippen LogP contribution in [0.1, 0.15) is 6.42 Å². The van der Waals surface area contributed by atoms with Crippen LogP contribution >= 0.6 is 0 Å². The van der Waals surface area contributed by atoms with Gasteiger partial charge >= 0.3 is 5.97 Å². The monoisotopic (exact) mass is 141 g/mol. The molecule has 1 heterocycles. The zero-order valence-corrected chi connectivity index (χ0v) is 5.45. The van der Waals surface area contributed by atoms with Gasteiger partial charge in [-0.05, 0) is 0 Å². The Kier molecular flexibility index (Phi) is 1.88. The first-order valence-electron chi connectivity index (χ1n) is 3.16. The molecule has 0 bridgehead atoms. The first kappa shape index (κ1) is 7.03. The number of carbonyl (C=O) groups is 1. The van der Waals surface area contributed by atoms with Crippen LogP contribution in [0.25, 0.3) is 4.85 Å². The van der Waals surface area contributed by atoms with Crippen molar-refractivity contribution in [3.05, 3.63) is 11.4 Å². The quantitative estimate of drug-likeness (QED) is 0.446. The fraction of sp³-hybridized carbons (Fsp3) is 0.667. The summed E-state index contributed by atoms with van der Waals surface area (Å²) in [7, 11) is 0. The van der Waals surface area contributed by atoms with Crippen molar-refractivity contribution < 1.29 is 15.2 Å². The molecule has 3 N–H and O–H groups in total. The van der Waals surface area contributed by atoms with E-state index >= 15 is 0 Å². The van der Waals surface area contributed by atoms with E-state index in [1.165, 1.54) is 0 Å². The Hall–Kier alpha value is -1.08. The Labute approximate surface area is 58.7 Å². The van der Waals surface area contributed by atoms with Crippen LogP contribution in [0.15, 0.2) is 0 Å². The van der Waals surface area contributed by atoms with E-state index < -0.39 is 5.97 Å². The topological polar surface area (TPSA) is 58.3 Å². The molecule has 0 saturated carbocycles. The molecule has 1 saturated heterocycles. The van der Waals surface area contributed by atoms with E-state index in [0.29, 0.717) is 13.0 Å². The second-order valence-electron chi connectivity index (χ2n) is 2.43. The average molecular weight is 141 g/mol. The molecule has 1 rings (SSSR count). The highest BCUT2D eigenvalue weighted by molar-refractivity contribution is 5.72. The lowest BCUT2D eigenvalue weighted by Gasteiger charge is -1.94. The summed E-state index contributed by atoms with van der Waals surface area (Å²) in [4.78, 5) is 13.6. The first-order valence-corrected chi connectivity index (χ1v) is 3.16. The summed E-state index contributed by atoms with van der Waals surface area (Å²) in [6.07, 6.45) is 0.499. The highest BCUT2D eigenvalue weighted by Crippen LogP contribution is 2.03. The van der Waals surface area contributed by atoms with Crippen molar-refractivity contribution in [1.82, 2.24) is 0 Å². The van der Waals surface area contributed by atoms with Crippen molar-refractivity contribution in [2.75, 3.05) is 6.54 Å². The minimum Gasteiger partial charge on any atom is -0.477 e. The maximum Gasteiger partial charge on any atom is 0.362 e. The molecule has 4 heteroatoms. The summed E-state index contributed by atoms with van der Waals surface area (Å²) in [6.45, 7) is 7.28. The Balaban J connectivity index is 2.45. The molecule has 0 aliphatic carbocycles. The standard InChI is InChI=1S/C6H8N2O2/c1-7-4-2-5(6(9)10)8-3-4/h4-5,8H,2-3H2,(H,9,10)/p+1/t4-,5+/m1/s1. The zero-order chi connectivity index (χ0) is 7.56.